The summed E-state index contributed by atoms with van der Waals surface area (Å²) in [7, 11) is 0. The molecule has 0 saturated carbocycles. The first-order valence-electron chi connectivity index (χ1n) is 4.41. The fraction of sp³-hybridized carbons (Fsp3) is 0.333. The second-order valence-electron chi connectivity index (χ2n) is 3.13. The third-order valence-electron chi connectivity index (χ3n) is 2.00. The van der Waals surface area contributed by atoms with E-state index in [0.717, 1.165) is 0 Å². The van der Waals surface area contributed by atoms with Gasteiger partial charge in [0.25, 0.3) is 0 Å². The van der Waals surface area contributed by atoms with E-state index in [-0.39, 0.29) is 17.9 Å². The summed E-state index contributed by atoms with van der Waals surface area (Å²) in [5.41, 5.74) is 8.15. The van der Waals surface area contributed by atoms with E-state index in [2.05, 4.69) is 10.0 Å². The molecule has 0 aliphatic heterocycles. The number of phenols is 1. The van der Waals surface area contributed by atoms with Crippen LogP contribution in [0.5, 0.6) is 5.75 Å². The summed E-state index contributed by atoms with van der Waals surface area (Å²) in [6.45, 7) is -0.288. The second kappa shape index (κ2) is 5.58. The predicted molar refractivity (Wildman–Crippen MR) is 58.1 cm³/mol. The molecule has 1 aromatic carbocycles. The van der Waals surface area contributed by atoms with Crippen molar-refractivity contribution < 1.29 is 15.3 Å². The van der Waals surface area contributed by atoms with Gasteiger partial charge in [-0.15, -0.1) is 0 Å². The van der Waals surface area contributed by atoms with Crippen LogP contribution in [0.25, 0.3) is 10.4 Å². The lowest BCUT2D eigenvalue weighted by molar-refractivity contribution is 0.0230. The molecule has 16 heavy (non-hydrogen) atoms. The van der Waals surface area contributed by atoms with Crippen molar-refractivity contribution in [1.82, 2.24) is 0 Å². The molecule has 0 radical (unpaired) electrons. The van der Waals surface area contributed by atoms with Crippen molar-refractivity contribution in [1.29, 1.82) is 0 Å². The minimum Gasteiger partial charge on any atom is -0.508 e. The molecule has 3 N–H and O–H groups in total. The number of azide groups is 1. The number of rotatable bonds is 4. The number of phenolic OH excluding ortho intramolecular Hbond substituents is 1. The molecule has 7 heteroatoms. The summed E-state index contributed by atoms with van der Waals surface area (Å²) >= 11 is 5.68. The van der Waals surface area contributed by atoms with E-state index in [1.165, 1.54) is 18.2 Å². The molecule has 0 aromatic heterocycles. The van der Waals surface area contributed by atoms with Crippen LogP contribution < -0.4 is 0 Å². The molecule has 86 valence electrons. The number of benzene rings is 1. The Morgan fingerprint density at radius 1 is 1.44 bits per heavy atom. The number of aromatic hydroxyl groups is 1. The van der Waals surface area contributed by atoms with E-state index in [0.29, 0.717) is 5.02 Å². The summed E-state index contributed by atoms with van der Waals surface area (Å²) in [6.07, 6.45) is -2.65. The van der Waals surface area contributed by atoms with Crippen LogP contribution in [-0.4, -0.2) is 28.0 Å². The first-order valence-corrected chi connectivity index (χ1v) is 4.79. The van der Waals surface area contributed by atoms with Crippen molar-refractivity contribution in [3.63, 3.8) is 0 Å². The van der Waals surface area contributed by atoms with E-state index in [4.69, 9.17) is 17.1 Å². The standard InChI is InChI=1S/C9H10ClN3O3/c10-5-1-2-7(14)6(3-5)9(16)8(15)4-12-13-11/h1-3,8-9,14-16H,4H2. The molecule has 0 aliphatic rings. The summed E-state index contributed by atoms with van der Waals surface area (Å²) in [5.74, 6) is -0.183. The van der Waals surface area contributed by atoms with Crippen molar-refractivity contribution in [2.45, 2.75) is 12.2 Å². The molecule has 0 heterocycles. The highest BCUT2D eigenvalue weighted by molar-refractivity contribution is 6.30. The number of hydrogen-bond donors (Lipinski definition) is 3. The zero-order valence-corrected chi connectivity index (χ0v) is 8.91. The quantitative estimate of drug-likeness (QED) is 0.426. The van der Waals surface area contributed by atoms with Crippen LogP contribution in [0.4, 0.5) is 0 Å². The topological polar surface area (TPSA) is 109 Å². The fourth-order valence-electron chi connectivity index (χ4n) is 1.19. The second-order valence-corrected chi connectivity index (χ2v) is 3.57. The number of aliphatic hydroxyl groups is 2. The van der Waals surface area contributed by atoms with Crippen LogP contribution in [-0.2, 0) is 0 Å². The lowest BCUT2D eigenvalue weighted by atomic mass is 10.0. The Labute approximate surface area is 96.3 Å². The largest absolute Gasteiger partial charge is 0.508 e. The maximum absolute atomic E-state index is 9.67. The van der Waals surface area contributed by atoms with Gasteiger partial charge in [-0.05, 0) is 23.7 Å². The van der Waals surface area contributed by atoms with Gasteiger partial charge in [-0.25, -0.2) is 0 Å². The lowest BCUT2D eigenvalue weighted by Gasteiger charge is -2.17. The Morgan fingerprint density at radius 3 is 2.75 bits per heavy atom. The van der Waals surface area contributed by atoms with Gasteiger partial charge in [0.15, 0.2) is 0 Å². The molecule has 0 fully saturated rings. The normalized spacial score (nSPS) is 13.9. The summed E-state index contributed by atoms with van der Waals surface area (Å²) in [6, 6.07) is 4.09. The van der Waals surface area contributed by atoms with E-state index in [1.54, 1.807) is 0 Å². The minimum absolute atomic E-state index is 0.0909. The Kier molecular flexibility index (Phi) is 4.39. The van der Waals surface area contributed by atoms with Gasteiger partial charge in [-0.1, -0.05) is 16.7 Å². The van der Waals surface area contributed by atoms with Gasteiger partial charge in [0.05, 0.1) is 12.6 Å². The van der Waals surface area contributed by atoms with Gasteiger partial charge in [0.2, 0.25) is 0 Å². The van der Waals surface area contributed by atoms with Gasteiger partial charge in [-0.2, -0.15) is 0 Å². The number of aliphatic hydroxyl groups excluding tert-OH is 2. The predicted octanol–water partition coefficient (Wildman–Crippen LogP) is 1.75. The van der Waals surface area contributed by atoms with Crippen molar-refractivity contribution in [3.8, 4) is 5.75 Å². The number of nitrogens with zero attached hydrogens (tertiary/aromatic N) is 3. The highest BCUT2D eigenvalue weighted by atomic mass is 35.5. The van der Waals surface area contributed by atoms with Crippen LogP contribution >= 0.6 is 11.6 Å². The summed E-state index contributed by atoms with van der Waals surface area (Å²) in [4.78, 5) is 2.46. The molecule has 0 saturated heterocycles. The zero-order chi connectivity index (χ0) is 12.1. The van der Waals surface area contributed by atoms with Gasteiger partial charge >= 0.3 is 0 Å². The number of halogens is 1. The molecule has 6 nitrogen and oxygen atoms in total. The molecule has 2 unspecified atom stereocenters. The van der Waals surface area contributed by atoms with Gasteiger partial charge in [-0.3, -0.25) is 0 Å². The van der Waals surface area contributed by atoms with Crippen LogP contribution in [0.15, 0.2) is 23.3 Å². The molecular weight excluding hydrogens is 234 g/mol. The lowest BCUT2D eigenvalue weighted by Crippen LogP contribution is -2.21. The van der Waals surface area contributed by atoms with Crippen molar-refractivity contribution in [2.75, 3.05) is 6.54 Å². The van der Waals surface area contributed by atoms with E-state index in [9.17, 15) is 15.3 Å². The van der Waals surface area contributed by atoms with Crippen molar-refractivity contribution in [2.24, 2.45) is 5.11 Å². The highest BCUT2D eigenvalue weighted by Gasteiger charge is 2.20. The average Bonchev–Trinajstić information content (AvgIpc) is 2.28. The molecule has 0 amide bonds. The van der Waals surface area contributed by atoms with Gasteiger partial charge in [0, 0.05) is 15.5 Å². The van der Waals surface area contributed by atoms with Crippen LogP contribution in [0, 0.1) is 0 Å². The van der Waals surface area contributed by atoms with Crippen LogP contribution in [0.1, 0.15) is 11.7 Å². The first kappa shape index (κ1) is 12.6. The van der Waals surface area contributed by atoms with Crippen molar-refractivity contribution >= 4 is 11.6 Å². The Balaban J connectivity index is 2.90. The highest BCUT2D eigenvalue weighted by Crippen LogP contribution is 2.29. The van der Waals surface area contributed by atoms with E-state index >= 15 is 0 Å². The summed E-state index contributed by atoms with van der Waals surface area (Å²) in [5, 5.41) is 32.0. The molecule has 1 aromatic rings. The minimum atomic E-state index is -1.36. The average molecular weight is 244 g/mol. The Bertz CT molecular complexity index is 420. The summed E-state index contributed by atoms with van der Waals surface area (Å²) < 4.78 is 0. The number of hydrogen-bond acceptors (Lipinski definition) is 4. The Morgan fingerprint density at radius 2 is 2.12 bits per heavy atom. The maximum atomic E-state index is 9.67. The molecular formula is C9H10ClN3O3. The fourth-order valence-corrected chi connectivity index (χ4v) is 1.37. The third-order valence-corrected chi connectivity index (χ3v) is 2.24. The molecule has 0 bridgehead atoms. The maximum Gasteiger partial charge on any atom is 0.121 e. The van der Waals surface area contributed by atoms with Gasteiger partial charge < -0.3 is 15.3 Å². The zero-order valence-electron chi connectivity index (χ0n) is 8.16. The molecule has 2 atom stereocenters. The smallest absolute Gasteiger partial charge is 0.121 e. The first-order chi connectivity index (χ1) is 7.56. The molecule has 0 spiro atoms. The molecule has 0 aliphatic carbocycles. The van der Waals surface area contributed by atoms with Crippen LogP contribution in [0.2, 0.25) is 5.02 Å². The van der Waals surface area contributed by atoms with Crippen LogP contribution in [0.3, 0.4) is 0 Å². The van der Waals surface area contributed by atoms with Gasteiger partial charge in [0.1, 0.15) is 11.9 Å². The monoisotopic (exact) mass is 243 g/mol. The Hall–Kier alpha value is -1.46. The SMILES string of the molecule is [N-]=[N+]=NCC(O)C(O)c1cc(Cl)ccc1O. The van der Waals surface area contributed by atoms with E-state index < -0.39 is 12.2 Å². The van der Waals surface area contributed by atoms with E-state index in [1.807, 2.05) is 0 Å². The molecule has 1 rings (SSSR count). The van der Waals surface area contributed by atoms with Crippen molar-refractivity contribution in [3.05, 3.63) is 39.2 Å². The third kappa shape index (κ3) is 3.01.